The summed E-state index contributed by atoms with van der Waals surface area (Å²) in [7, 11) is -5.26. The molecule has 4 aromatic rings. The van der Waals surface area contributed by atoms with Crippen molar-refractivity contribution in [3.05, 3.63) is 31.2 Å². The molecule has 0 amide bonds. The van der Waals surface area contributed by atoms with Crippen molar-refractivity contribution >= 4 is 87.8 Å². The molecule has 3 aliphatic rings. The molecule has 4 aromatic heterocycles. The molecule has 3 aliphatic heterocycles. The SMILES string of the molecule is CC(C)(C)[Si](C)(C)O[C@@H]1[C@H]2OCP(=O)(S)O[C@H]3[C@@H](O[Si](C)(C)C(C)(C)C)[C@H](n4cnc5c(N)ncnc54)O[C@@H]3COP(O)(=S)O[C@H]1[C@H](n1ccc3c(N)ncnc31)O2. The standard InChI is InChI=1S/C33H53N9O10P2S2Si2/c1-32(2,3)57(7,8)51-23-21-19(47-30(23)42-16-40-20-26(35)37-15-39-28(20)42)13-46-54(44,56)50-22-24(52-58(9,10)33(4,5)6)31(45-17-53(43,55)49-21)48-29(22)41-12-11-18-25(34)36-14-38-27(18)41/h11-12,14-16,19,21-24,29-31H,13,17H2,1-10H3,(H,43,55)(H,44,56)(H2,34,36,38)(H2,35,37,39)/t19-,21-,22-,23-,24+,29-,30-,31+,53?,54?/m1/s1. The number of nitrogens with two attached hydrogens (primary N) is 2. The fourth-order valence-electron chi connectivity index (χ4n) is 6.55. The first-order valence-corrected chi connectivity index (χ1v) is 30.1. The number of nitrogens with zero attached hydrogens (tertiary/aromatic N) is 7. The molecule has 58 heavy (non-hydrogen) atoms. The van der Waals surface area contributed by atoms with Crippen molar-refractivity contribution in [1.82, 2.24) is 34.1 Å². The average Bonchev–Trinajstić information content (AvgIpc) is 3.87. The summed E-state index contributed by atoms with van der Waals surface area (Å²) >= 11 is 10.3. The fourth-order valence-corrected chi connectivity index (χ4v) is 12.1. The van der Waals surface area contributed by atoms with Gasteiger partial charge in [0.2, 0.25) is 0 Å². The Balaban J connectivity index is 1.30. The minimum Gasteiger partial charge on any atom is -0.407 e. The molecule has 3 fully saturated rings. The van der Waals surface area contributed by atoms with Crippen LogP contribution in [-0.4, -0.2) is 105 Å². The molecule has 5 N–H and O–H groups in total. The van der Waals surface area contributed by atoms with E-state index in [2.05, 4.69) is 105 Å². The lowest BCUT2D eigenvalue weighted by atomic mass is 10.1. The predicted octanol–water partition coefficient (Wildman–Crippen LogP) is 6.08. The van der Waals surface area contributed by atoms with Crippen molar-refractivity contribution in [3.63, 3.8) is 0 Å². The first-order valence-electron chi connectivity index (χ1n) is 18.7. The largest absolute Gasteiger partial charge is 0.407 e. The maximum atomic E-state index is 14.6. The summed E-state index contributed by atoms with van der Waals surface area (Å²) < 4.78 is 70.6. The number of thiol groups is 1. The van der Waals surface area contributed by atoms with E-state index >= 15 is 0 Å². The third-order valence-electron chi connectivity index (χ3n) is 11.7. The highest BCUT2D eigenvalue weighted by Gasteiger charge is 2.57. The normalized spacial score (nSPS) is 33.2. The predicted molar refractivity (Wildman–Crippen MR) is 228 cm³/mol. The van der Waals surface area contributed by atoms with Crippen LogP contribution in [-0.2, 0) is 53.0 Å². The van der Waals surface area contributed by atoms with Gasteiger partial charge in [0.1, 0.15) is 66.5 Å². The van der Waals surface area contributed by atoms with E-state index in [1.54, 1.807) is 21.4 Å². The van der Waals surface area contributed by atoms with E-state index in [4.69, 9.17) is 59.9 Å². The highest BCUT2D eigenvalue weighted by atomic mass is 32.7. The van der Waals surface area contributed by atoms with Gasteiger partial charge in [-0.3, -0.25) is 13.7 Å². The topological polar surface area (TPSA) is 237 Å². The number of imidazole rings is 1. The molecule has 2 bridgehead atoms. The highest BCUT2D eigenvalue weighted by molar-refractivity contribution is 8.46. The summed E-state index contributed by atoms with van der Waals surface area (Å²) in [5, 5.41) is 0.0277. The number of ether oxygens (including phenoxy) is 3. The van der Waals surface area contributed by atoms with Crippen LogP contribution in [0.2, 0.25) is 36.3 Å². The van der Waals surface area contributed by atoms with E-state index in [0.29, 0.717) is 22.2 Å². The Hall–Kier alpha value is -1.93. The van der Waals surface area contributed by atoms with Gasteiger partial charge in [-0.2, -0.15) is 0 Å². The van der Waals surface area contributed by atoms with Crippen molar-refractivity contribution in [2.75, 3.05) is 24.4 Å². The van der Waals surface area contributed by atoms with E-state index < -0.39 is 85.5 Å². The summed E-state index contributed by atoms with van der Waals surface area (Å²) in [5.74, 6) is 0.433. The van der Waals surface area contributed by atoms with Crippen LogP contribution in [0.5, 0.6) is 0 Å². The molecular formula is C33H53N9O10P2S2Si2. The Morgan fingerprint density at radius 3 is 2.14 bits per heavy atom. The highest BCUT2D eigenvalue weighted by Crippen LogP contribution is 2.59. The Morgan fingerprint density at radius 2 is 1.48 bits per heavy atom. The van der Waals surface area contributed by atoms with E-state index in [9.17, 15) is 9.46 Å². The summed E-state index contributed by atoms with van der Waals surface area (Å²) in [5.41, 5.74) is 13.5. The second kappa shape index (κ2) is 15.5. The van der Waals surface area contributed by atoms with E-state index in [-0.39, 0.29) is 28.3 Å². The van der Waals surface area contributed by atoms with Gasteiger partial charge in [0.15, 0.2) is 46.8 Å². The number of hydrogen-bond donors (Lipinski definition) is 4. The van der Waals surface area contributed by atoms with Gasteiger partial charge in [0.25, 0.3) is 6.57 Å². The second-order valence-corrected chi connectivity index (χ2v) is 33.7. The summed E-state index contributed by atoms with van der Waals surface area (Å²) in [4.78, 5) is 33.5. The molecule has 19 nitrogen and oxygen atoms in total. The zero-order chi connectivity index (χ0) is 42.4. The van der Waals surface area contributed by atoms with Crippen molar-refractivity contribution in [2.45, 2.75) is 127 Å². The number of nitrogen functional groups attached to an aromatic ring is 2. The van der Waals surface area contributed by atoms with Gasteiger partial charge < -0.3 is 53.0 Å². The average molecular weight is 918 g/mol. The van der Waals surface area contributed by atoms with Crippen LogP contribution >= 0.6 is 25.5 Å². The van der Waals surface area contributed by atoms with Gasteiger partial charge >= 0.3 is 6.72 Å². The molecule has 0 spiro atoms. The van der Waals surface area contributed by atoms with Crippen molar-refractivity contribution in [3.8, 4) is 0 Å². The Kier molecular flexibility index (Phi) is 11.8. The van der Waals surface area contributed by atoms with Gasteiger partial charge in [-0.25, -0.2) is 24.9 Å². The monoisotopic (exact) mass is 917 g/mol. The Bertz CT molecular complexity index is 2270. The minimum absolute atomic E-state index is 0.177. The molecule has 7 heterocycles. The third kappa shape index (κ3) is 8.47. The second-order valence-electron chi connectivity index (χ2n) is 17.8. The zero-order valence-electron chi connectivity index (χ0n) is 34.1. The van der Waals surface area contributed by atoms with E-state index in [1.165, 1.54) is 19.0 Å². The number of fused-ring (bicyclic) bond motifs is 5. The smallest absolute Gasteiger partial charge is 0.325 e. The van der Waals surface area contributed by atoms with Gasteiger partial charge in [0, 0.05) is 6.20 Å². The summed E-state index contributed by atoms with van der Waals surface area (Å²) in [6.07, 6.45) is -3.04. The minimum atomic E-state index is -4.20. The molecule has 320 valence electrons. The van der Waals surface area contributed by atoms with Crippen LogP contribution in [0.4, 0.5) is 11.6 Å². The third-order valence-corrected chi connectivity index (χ3v) is 23.9. The molecule has 2 unspecified atom stereocenters. The molecule has 7 rings (SSSR count). The first-order chi connectivity index (χ1) is 26.8. The van der Waals surface area contributed by atoms with Crippen LogP contribution in [0, 0.1) is 0 Å². The van der Waals surface area contributed by atoms with Crippen LogP contribution in [0.15, 0.2) is 31.2 Å². The molecule has 0 radical (unpaired) electrons. The van der Waals surface area contributed by atoms with E-state index in [1.807, 2.05) is 0 Å². The van der Waals surface area contributed by atoms with Gasteiger partial charge in [-0.05, 0) is 54.1 Å². The molecule has 0 saturated carbocycles. The lowest BCUT2D eigenvalue weighted by molar-refractivity contribution is -0.164. The molecule has 3 saturated heterocycles. The lowest BCUT2D eigenvalue weighted by Crippen LogP contribution is -2.50. The molecule has 10 atom stereocenters. The fraction of sp³-hybridized carbons (Fsp3) is 0.667. The van der Waals surface area contributed by atoms with Crippen molar-refractivity contribution < 1.29 is 46.1 Å². The van der Waals surface area contributed by atoms with Crippen molar-refractivity contribution in [1.29, 1.82) is 0 Å². The number of hydrogen-bond acceptors (Lipinski definition) is 17. The van der Waals surface area contributed by atoms with Crippen LogP contribution in [0.25, 0.3) is 22.2 Å². The summed E-state index contributed by atoms with van der Waals surface area (Å²) in [6, 6.07) is 1.74. The Morgan fingerprint density at radius 1 is 0.862 bits per heavy atom. The van der Waals surface area contributed by atoms with Crippen LogP contribution in [0.3, 0.4) is 0 Å². The van der Waals surface area contributed by atoms with Gasteiger partial charge in [-0.1, -0.05) is 53.8 Å². The number of aromatic nitrogens is 7. The zero-order valence-corrected chi connectivity index (χ0v) is 39.6. The lowest BCUT2D eigenvalue weighted by Gasteiger charge is -2.41. The van der Waals surface area contributed by atoms with Gasteiger partial charge in [-0.15, -0.1) is 0 Å². The van der Waals surface area contributed by atoms with E-state index in [0.717, 1.165) is 0 Å². The molecule has 0 aliphatic carbocycles. The number of anilines is 2. The molecule has 0 aromatic carbocycles. The quantitative estimate of drug-likeness (QED) is 0.0973. The maximum absolute atomic E-state index is 14.6. The molecular weight excluding hydrogens is 865 g/mol. The first kappa shape index (κ1) is 44.1. The van der Waals surface area contributed by atoms with Crippen LogP contribution in [0.1, 0.15) is 54.0 Å². The Labute approximate surface area is 349 Å². The summed E-state index contributed by atoms with van der Waals surface area (Å²) in [6.45, 7) is 12.2. The van der Waals surface area contributed by atoms with Crippen molar-refractivity contribution in [2.24, 2.45) is 0 Å². The molecule has 25 heteroatoms. The van der Waals surface area contributed by atoms with Gasteiger partial charge in [0.05, 0.1) is 18.3 Å². The maximum Gasteiger partial charge on any atom is 0.325 e. The van der Waals surface area contributed by atoms with Crippen LogP contribution < -0.4 is 11.5 Å². The number of rotatable bonds is 6.